The number of hydrogen-bond acceptors (Lipinski definition) is 5. The molecule has 3 fully saturated rings. The van der Waals surface area contributed by atoms with E-state index in [1.165, 1.54) is 0 Å². The third-order valence-electron chi connectivity index (χ3n) is 6.04. The Bertz CT molecular complexity index is 710. The summed E-state index contributed by atoms with van der Waals surface area (Å²) in [5.74, 6) is 0.514. The number of benzene rings is 1. The molecule has 1 aromatic carbocycles. The van der Waals surface area contributed by atoms with Crippen molar-refractivity contribution < 1.29 is 14.3 Å². The molecule has 1 saturated carbocycles. The molecule has 140 valence electrons. The summed E-state index contributed by atoms with van der Waals surface area (Å²) in [6.45, 7) is 1.36. The van der Waals surface area contributed by atoms with Crippen LogP contribution < -0.4 is 15.9 Å². The molecule has 2 heterocycles. The monoisotopic (exact) mass is 358 g/mol. The molecule has 0 aromatic heterocycles. The van der Waals surface area contributed by atoms with E-state index in [1.54, 1.807) is 7.11 Å². The number of primary amides is 1. The first-order valence-electron chi connectivity index (χ1n) is 9.33. The Hall–Kier alpha value is -2.12. The van der Waals surface area contributed by atoms with Crippen molar-refractivity contribution in [1.82, 2.24) is 15.3 Å². The zero-order chi connectivity index (χ0) is 18.3. The van der Waals surface area contributed by atoms with Gasteiger partial charge in [0.25, 0.3) is 0 Å². The number of piperazine rings is 1. The van der Waals surface area contributed by atoms with Crippen molar-refractivity contribution in [3.05, 3.63) is 29.8 Å². The minimum atomic E-state index is -0.256. The van der Waals surface area contributed by atoms with Crippen LogP contribution in [0.2, 0.25) is 0 Å². The fraction of sp³-hybridized carbons (Fsp3) is 0.579. The minimum Gasteiger partial charge on any atom is -0.497 e. The summed E-state index contributed by atoms with van der Waals surface area (Å²) < 4.78 is 5.31. The van der Waals surface area contributed by atoms with E-state index >= 15 is 0 Å². The van der Waals surface area contributed by atoms with Crippen molar-refractivity contribution in [2.75, 3.05) is 13.7 Å². The fourth-order valence-corrected chi connectivity index (χ4v) is 4.74. The van der Waals surface area contributed by atoms with Gasteiger partial charge in [-0.25, -0.2) is 5.01 Å². The van der Waals surface area contributed by atoms with Crippen molar-refractivity contribution >= 4 is 11.8 Å². The predicted molar refractivity (Wildman–Crippen MR) is 95.9 cm³/mol. The minimum absolute atomic E-state index is 0.00167. The molecular weight excluding hydrogens is 332 g/mol. The van der Waals surface area contributed by atoms with Gasteiger partial charge in [0, 0.05) is 31.1 Å². The van der Waals surface area contributed by atoms with Gasteiger partial charge in [0.1, 0.15) is 11.8 Å². The van der Waals surface area contributed by atoms with Crippen LogP contribution in [0.25, 0.3) is 0 Å². The number of amides is 2. The van der Waals surface area contributed by atoms with E-state index in [-0.39, 0.29) is 35.9 Å². The number of nitrogens with one attached hydrogen (secondary N) is 1. The summed E-state index contributed by atoms with van der Waals surface area (Å²) in [6, 6.07) is 7.96. The standard InChI is InChI=1S/C19H26N4O3/c1-26-14-4-2-3-12(9-14)11-22-17-10-13(18(20)24)5-6-15(17)23-16(19(22)25)7-8-21-23/h2-4,9,13,15-17,21H,5-8,10-11H2,1H3,(H2,20,24). The van der Waals surface area contributed by atoms with Gasteiger partial charge in [-0.3, -0.25) is 15.0 Å². The summed E-state index contributed by atoms with van der Waals surface area (Å²) in [5.41, 5.74) is 10.0. The Morgan fingerprint density at radius 3 is 2.92 bits per heavy atom. The quantitative estimate of drug-likeness (QED) is 0.825. The highest BCUT2D eigenvalue weighted by molar-refractivity contribution is 5.84. The van der Waals surface area contributed by atoms with Gasteiger partial charge in [-0.15, -0.1) is 0 Å². The van der Waals surface area contributed by atoms with E-state index in [0.717, 1.165) is 37.1 Å². The van der Waals surface area contributed by atoms with Crippen molar-refractivity contribution in [2.24, 2.45) is 11.7 Å². The Morgan fingerprint density at radius 1 is 1.31 bits per heavy atom. The number of fused-ring (bicyclic) bond motifs is 3. The summed E-state index contributed by atoms with van der Waals surface area (Å²) in [6.07, 6.45) is 3.14. The molecule has 4 unspecified atom stereocenters. The molecule has 0 spiro atoms. The highest BCUT2D eigenvalue weighted by Gasteiger charge is 2.51. The molecule has 7 nitrogen and oxygen atoms in total. The molecule has 1 aromatic rings. The fourth-order valence-electron chi connectivity index (χ4n) is 4.74. The maximum Gasteiger partial charge on any atom is 0.242 e. The number of carbonyl (C=O) groups excluding carboxylic acids is 2. The van der Waals surface area contributed by atoms with Crippen LogP contribution in [-0.4, -0.2) is 53.5 Å². The highest BCUT2D eigenvalue weighted by atomic mass is 16.5. The average Bonchev–Trinajstić information content (AvgIpc) is 3.15. The normalized spacial score (nSPS) is 31.4. The molecule has 0 bridgehead atoms. The molecule has 4 rings (SSSR count). The lowest BCUT2D eigenvalue weighted by Gasteiger charge is -2.51. The van der Waals surface area contributed by atoms with Gasteiger partial charge < -0.3 is 15.4 Å². The maximum absolute atomic E-state index is 13.2. The van der Waals surface area contributed by atoms with Crippen LogP contribution in [0.1, 0.15) is 31.2 Å². The van der Waals surface area contributed by atoms with Crippen molar-refractivity contribution in [3.8, 4) is 5.75 Å². The SMILES string of the molecule is COc1cccc(CN2C(=O)C3CCNN3C3CCC(C(N)=O)CC32)c1. The van der Waals surface area contributed by atoms with E-state index < -0.39 is 0 Å². The topological polar surface area (TPSA) is 87.9 Å². The van der Waals surface area contributed by atoms with Crippen LogP contribution >= 0.6 is 0 Å². The van der Waals surface area contributed by atoms with Crippen LogP contribution in [0, 0.1) is 5.92 Å². The number of nitrogens with zero attached hydrogens (tertiary/aromatic N) is 2. The first-order valence-corrected chi connectivity index (χ1v) is 9.33. The summed E-state index contributed by atoms with van der Waals surface area (Å²) >= 11 is 0. The molecule has 2 amide bonds. The van der Waals surface area contributed by atoms with Gasteiger partial charge in [-0.05, 0) is 43.4 Å². The van der Waals surface area contributed by atoms with Crippen molar-refractivity contribution in [3.63, 3.8) is 0 Å². The third kappa shape index (κ3) is 2.95. The predicted octanol–water partition coefficient (Wildman–Crippen LogP) is 0.639. The number of carbonyl (C=O) groups is 2. The maximum atomic E-state index is 13.2. The second-order valence-electron chi connectivity index (χ2n) is 7.48. The second-order valence-corrected chi connectivity index (χ2v) is 7.48. The van der Waals surface area contributed by atoms with Crippen LogP contribution in [0.4, 0.5) is 0 Å². The largest absolute Gasteiger partial charge is 0.497 e. The van der Waals surface area contributed by atoms with E-state index in [4.69, 9.17) is 10.5 Å². The Labute approximate surface area is 153 Å². The second kappa shape index (κ2) is 6.89. The molecule has 4 atom stereocenters. The molecule has 2 aliphatic heterocycles. The van der Waals surface area contributed by atoms with Crippen LogP contribution in [0.5, 0.6) is 5.75 Å². The molecule has 2 saturated heterocycles. The average molecular weight is 358 g/mol. The number of rotatable bonds is 4. The van der Waals surface area contributed by atoms with E-state index in [0.29, 0.717) is 13.0 Å². The molecular formula is C19H26N4O3. The summed E-state index contributed by atoms with van der Waals surface area (Å²) in [7, 11) is 1.64. The van der Waals surface area contributed by atoms with Gasteiger partial charge >= 0.3 is 0 Å². The molecule has 3 N–H and O–H groups in total. The zero-order valence-corrected chi connectivity index (χ0v) is 15.1. The van der Waals surface area contributed by atoms with Gasteiger partial charge in [-0.2, -0.15) is 0 Å². The van der Waals surface area contributed by atoms with E-state index in [2.05, 4.69) is 10.4 Å². The molecule has 1 aliphatic carbocycles. The first kappa shape index (κ1) is 17.3. The molecule has 26 heavy (non-hydrogen) atoms. The van der Waals surface area contributed by atoms with Crippen molar-refractivity contribution in [1.29, 1.82) is 0 Å². The lowest BCUT2D eigenvalue weighted by atomic mass is 9.78. The number of methoxy groups -OCH3 is 1. The highest BCUT2D eigenvalue weighted by Crippen LogP contribution is 2.38. The van der Waals surface area contributed by atoms with Crippen LogP contribution in [-0.2, 0) is 16.1 Å². The number of ether oxygens (including phenoxy) is 1. The lowest BCUT2D eigenvalue weighted by Crippen LogP contribution is -2.68. The van der Waals surface area contributed by atoms with E-state index in [9.17, 15) is 9.59 Å². The van der Waals surface area contributed by atoms with Crippen molar-refractivity contribution in [2.45, 2.75) is 50.4 Å². The lowest BCUT2D eigenvalue weighted by molar-refractivity contribution is -0.157. The number of hydrazine groups is 1. The first-order chi connectivity index (χ1) is 12.6. The molecule has 7 heteroatoms. The van der Waals surface area contributed by atoms with Crippen LogP contribution in [0.3, 0.4) is 0 Å². The Kier molecular flexibility index (Phi) is 4.58. The molecule has 0 radical (unpaired) electrons. The third-order valence-corrected chi connectivity index (χ3v) is 6.04. The van der Waals surface area contributed by atoms with E-state index in [1.807, 2.05) is 29.2 Å². The molecule has 3 aliphatic rings. The number of hydrogen-bond donors (Lipinski definition) is 2. The summed E-state index contributed by atoms with van der Waals surface area (Å²) in [4.78, 5) is 26.9. The van der Waals surface area contributed by atoms with Gasteiger partial charge in [0.05, 0.1) is 7.11 Å². The summed E-state index contributed by atoms with van der Waals surface area (Å²) in [5, 5.41) is 2.15. The Balaban J connectivity index is 1.63. The zero-order valence-electron chi connectivity index (χ0n) is 15.1. The number of nitrogens with two attached hydrogens (primary N) is 1. The van der Waals surface area contributed by atoms with Gasteiger partial charge in [-0.1, -0.05) is 12.1 Å². The smallest absolute Gasteiger partial charge is 0.242 e. The van der Waals surface area contributed by atoms with Crippen LogP contribution in [0.15, 0.2) is 24.3 Å². The van der Waals surface area contributed by atoms with Gasteiger partial charge in [0.2, 0.25) is 11.8 Å². The Morgan fingerprint density at radius 2 is 2.15 bits per heavy atom. The van der Waals surface area contributed by atoms with Gasteiger partial charge in [0.15, 0.2) is 0 Å².